The predicted octanol–water partition coefficient (Wildman–Crippen LogP) is 3.86. The lowest BCUT2D eigenvalue weighted by molar-refractivity contribution is 0.103. The lowest BCUT2D eigenvalue weighted by atomic mass is 10.0. The van der Waals surface area contributed by atoms with Crippen LogP contribution in [-0.4, -0.2) is 5.78 Å². The van der Waals surface area contributed by atoms with Crippen LogP contribution < -0.4 is 0 Å². The molecule has 86 valence electrons. The van der Waals surface area contributed by atoms with Crippen LogP contribution in [0.15, 0.2) is 54.6 Å². The van der Waals surface area contributed by atoms with E-state index in [2.05, 4.69) is 0 Å². The molecule has 0 saturated heterocycles. The SMILES string of the molecule is O=C(c1ccccc1)c1ccc(C(F)F)cc1. The third-order valence-electron chi connectivity index (χ3n) is 2.46. The van der Waals surface area contributed by atoms with Crippen LogP contribution in [0.1, 0.15) is 27.9 Å². The summed E-state index contributed by atoms with van der Waals surface area (Å²) in [5.74, 6) is -0.161. The molecule has 3 heteroatoms. The molecule has 0 aliphatic rings. The first-order valence-electron chi connectivity index (χ1n) is 5.16. The summed E-state index contributed by atoms with van der Waals surface area (Å²) in [6.45, 7) is 0. The average Bonchev–Trinajstić information content (AvgIpc) is 2.39. The van der Waals surface area contributed by atoms with Crippen LogP contribution >= 0.6 is 0 Å². The van der Waals surface area contributed by atoms with E-state index < -0.39 is 6.43 Å². The highest BCUT2D eigenvalue weighted by Crippen LogP contribution is 2.19. The van der Waals surface area contributed by atoms with Crippen LogP contribution in [0.5, 0.6) is 0 Å². The summed E-state index contributed by atoms with van der Waals surface area (Å²) in [4.78, 5) is 11.9. The van der Waals surface area contributed by atoms with Gasteiger partial charge in [-0.05, 0) is 0 Å². The summed E-state index contributed by atoms with van der Waals surface area (Å²) < 4.78 is 24.7. The van der Waals surface area contributed by atoms with Crippen LogP contribution in [0.3, 0.4) is 0 Å². The maximum Gasteiger partial charge on any atom is 0.263 e. The van der Waals surface area contributed by atoms with Crippen molar-refractivity contribution in [1.29, 1.82) is 0 Å². The number of halogens is 2. The van der Waals surface area contributed by atoms with Gasteiger partial charge in [-0.25, -0.2) is 8.78 Å². The average molecular weight is 232 g/mol. The Morgan fingerprint density at radius 3 is 1.88 bits per heavy atom. The zero-order chi connectivity index (χ0) is 12.3. The normalized spacial score (nSPS) is 10.5. The van der Waals surface area contributed by atoms with Gasteiger partial charge in [-0.15, -0.1) is 0 Å². The van der Waals surface area contributed by atoms with E-state index in [9.17, 15) is 13.6 Å². The predicted molar refractivity (Wildman–Crippen MR) is 61.3 cm³/mol. The fraction of sp³-hybridized carbons (Fsp3) is 0.0714. The van der Waals surface area contributed by atoms with E-state index in [1.807, 2.05) is 6.07 Å². The van der Waals surface area contributed by atoms with E-state index in [0.717, 1.165) is 0 Å². The smallest absolute Gasteiger partial charge is 0.263 e. The van der Waals surface area contributed by atoms with Crippen molar-refractivity contribution in [3.8, 4) is 0 Å². The van der Waals surface area contributed by atoms with Crippen LogP contribution in [-0.2, 0) is 0 Å². The number of ketones is 1. The van der Waals surface area contributed by atoms with Crippen molar-refractivity contribution in [2.75, 3.05) is 0 Å². The summed E-state index contributed by atoms with van der Waals surface area (Å²) in [5.41, 5.74) is 0.896. The molecule has 0 aliphatic heterocycles. The summed E-state index contributed by atoms with van der Waals surface area (Å²) in [6, 6.07) is 14.2. The molecule has 0 unspecified atom stereocenters. The minimum atomic E-state index is -2.50. The molecule has 0 fully saturated rings. The first-order valence-corrected chi connectivity index (χ1v) is 5.16. The monoisotopic (exact) mass is 232 g/mol. The molecule has 0 N–H and O–H groups in total. The Bertz CT molecular complexity index is 504. The van der Waals surface area contributed by atoms with Crippen molar-refractivity contribution in [2.24, 2.45) is 0 Å². The first kappa shape index (κ1) is 11.5. The Balaban J connectivity index is 2.27. The lowest BCUT2D eigenvalue weighted by Gasteiger charge is -2.03. The summed E-state index contributed by atoms with van der Waals surface area (Å²) in [6.07, 6.45) is -2.50. The maximum absolute atomic E-state index is 12.3. The second-order valence-corrected chi connectivity index (χ2v) is 3.62. The number of carbonyl (C=O) groups is 1. The molecule has 0 aliphatic carbocycles. The van der Waals surface area contributed by atoms with E-state index >= 15 is 0 Å². The molecule has 0 atom stereocenters. The van der Waals surface area contributed by atoms with Gasteiger partial charge in [-0.3, -0.25) is 4.79 Å². The number of alkyl halides is 2. The van der Waals surface area contributed by atoms with Gasteiger partial charge in [0.1, 0.15) is 0 Å². The van der Waals surface area contributed by atoms with Gasteiger partial charge in [0.2, 0.25) is 0 Å². The van der Waals surface area contributed by atoms with Crippen molar-refractivity contribution in [1.82, 2.24) is 0 Å². The Labute approximate surface area is 97.7 Å². The maximum atomic E-state index is 12.3. The van der Waals surface area contributed by atoms with Gasteiger partial charge in [0.25, 0.3) is 6.43 Å². The topological polar surface area (TPSA) is 17.1 Å². The zero-order valence-corrected chi connectivity index (χ0v) is 8.94. The van der Waals surface area contributed by atoms with Crippen LogP contribution in [0, 0.1) is 0 Å². The van der Waals surface area contributed by atoms with Crippen LogP contribution in [0.2, 0.25) is 0 Å². The number of hydrogen-bond acceptors (Lipinski definition) is 1. The molecular weight excluding hydrogens is 222 g/mol. The molecule has 0 bridgehead atoms. The van der Waals surface area contributed by atoms with Crippen molar-refractivity contribution < 1.29 is 13.6 Å². The minimum Gasteiger partial charge on any atom is -0.289 e. The highest BCUT2D eigenvalue weighted by atomic mass is 19.3. The van der Waals surface area contributed by atoms with Gasteiger partial charge < -0.3 is 0 Å². The molecule has 1 nitrogen and oxygen atoms in total. The molecule has 2 rings (SSSR count). The fourth-order valence-electron chi connectivity index (χ4n) is 1.54. The fourth-order valence-corrected chi connectivity index (χ4v) is 1.54. The van der Waals surface area contributed by atoms with Crippen molar-refractivity contribution >= 4 is 5.78 Å². The zero-order valence-electron chi connectivity index (χ0n) is 8.94. The Kier molecular flexibility index (Phi) is 3.28. The Morgan fingerprint density at radius 2 is 1.35 bits per heavy atom. The number of benzene rings is 2. The number of carbonyl (C=O) groups excluding carboxylic acids is 1. The second-order valence-electron chi connectivity index (χ2n) is 3.62. The third kappa shape index (κ3) is 2.56. The van der Waals surface area contributed by atoms with Gasteiger partial charge >= 0.3 is 0 Å². The molecule has 17 heavy (non-hydrogen) atoms. The van der Waals surface area contributed by atoms with E-state index in [0.29, 0.717) is 11.1 Å². The number of rotatable bonds is 3. The molecule has 2 aromatic carbocycles. The molecular formula is C14H10F2O. The standard InChI is InChI=1S/C14H10F2O/c15-14(16)12-8-6-11(7-9-12)13(17)10-4-2-1-3-5-10/h1-9,14H. The Morgan fingerprint density at radius 1 is 0.824 bits per heavy atom. The van der Waals surface area contributed by atoms with Gasteiger partial charge in [0.05, 0.1) is 0 Å². The molecule has 0 amide bonds. The van der Waals surface area contributed by atoms with Crippen molar-refractivity contribution in [3.05, 3.63) is 71.3 Å². The lowest BCUT2D eigenvalue weighted by Crippen LogP contribution is -2.00. The third-order valence-corrected chi connectivity index (χ3v) is 2.46. The first-order chi connectivity index (χ1) is 8.18. The highest BCUT2D eigenvalue weighted by molar-refractivity contribution is 6.08. The molecule has 0 spiro atoms. The quantitative estimate of drug-likeness (QED) is 0.734. The largest absolute Gasteiger partial charge is 0.289 e. The van der Waals surface area contributed by atoms with Crippen LogP contribution in [0.4, 0.5) is 8.78 Å². The van der Waals surface area contributed by atoms with Crippen molar-refractivity contribution in [2.45, 2.75) is 6.43 Å². The van der Waals surface area contributed by atoms with Gasteiger partial charge in [-0.1, -0.05) is 54.6 Å². The summed E-state index contributed by atoms with van der Waals surface area (Å²) in [5, 5.41) is 0. The van der Waals surface area contributed by atoms with Crippen LogP contribution in [0.25, 0.3) is 0 Å². The van der Waals surface area contributed by atoms with Gasteiger partial charge in [0, 0.05) is 16.7 Å². The molecule has 0 radical (unpaired) electrons. The Hall–Kier alpha value is -2.03. The summed E-state index contributed by atoms with van der Waals surface area (Å²) in [7, 11) is 0. The van der Waals surface area contributed by atoms with E-state index in [1.165, 1.54) is 24.3 Å². The molecule has 0 aromatic heterocycles. The van der Waals surface area contributed by atoms with E-state index in [1.54, 1.807) is 24.3 Å². The van der Waals surface area contributed by atoms with Crippen molar-refractivity contribution in [3.63, 3.8) is 0 Å². The minimum absolute atomic E-state index is 0.0744. The van der Waals surface area contributed by atoms with Gasteiger partial charge in [-0.2, -0.15) is 0 Å². The van der Waals surface area contributed by atoms with E-state index in [-0.39, 0.29) is 11.3 Å². The summed E-state index contributed by atoms with van der Waals surface area (Å²) >= 11 is 0. The molecule has 2 aromatic rings. The number of hydrogen-bond donors (Lipinski definition) is 0. The van der Waals surface area contributed by atoms with E-state index in [4.69, 9.17) is 0 Å². The van der Waals surface area contributed by atoms with Gasteiger partial charge in [0.15, 0.2) is 5.78 Å². The molecule has 0 heterocycles. The second kappa shape index (κ2) is 4.87. The highest BCUT2D eigenvalue weighted by Gasteiger charge is 2.10. The molecule has 0 saturated carbocycles.